The van der Waals surface area contributed by atoms with Gasteiger partial charge in [0.05, 0.1) is 21.8 Å². The van der Waals surface area contributed by atoms with Crippen LogP contribution in [0.25, 0.3) is 16.6 Å². The number of fused-ring (bicyclic) bond motifs is 1. The Balaban J connectivity index is 1.52. The highest BCUT2D eigenvalue weighted by molar-refractivity contribution is 8.00. The summed E-state index contributed by atoms with van der Waals surface area (Å²) in [6, 6.07) is 27.0. The second kappa shape index (κ2) is 10.5. The second-order valence-electron chi connectivity index (χ2n) is 8.08. The van der Waals surface area contributed by atoms with Crippen LogP contribution in [-0.4, -0.2) is 26.8 Å². The molecule has 33 heavy (non-hydrogen) atoms. The molecule has 168 valence electrons. The molecule has 1 heterocycles. The molecule has 0 saturated carbocycles. The first-order valence-electron chi connectivity index (χ1n) is 11.1. The van der Waals surface area contributed by atoms with Gasteiger partial charge in [0.1, 0.15) is 0 Å². The number of rotatable bonds is 8. The molecule has 6 heteroatoms. The van der Waals surface area contributed by atoms with E-state index in [2.05, 4.69) is 17.4 Å². The lowest BCUT2D eigenvalue weighted by molar-refractivity contribution is -0.120. The Labute approximate surface area is 197 Å². The SMILES string of the molecule is C[C@H](Sc1nc2ccccc2c(=O)n1-c1ccccc1)C(=O)N[C@@H](C)CCc1ccccc1. The minimum absolute atomic E-state index is 0.0432. The Kier molecular flexibility index (Phi) is 7.25. The van der Waals surface area contributed by atoms with Gasteiger partial charge in [-0.15, -0.1) is 0 Å². The van der Waals surface area contributed by atoms with Crippen molar-refractivity contribution < 1.29 is 4.79 Å². The number of nitrogens with zero attached hydrogens (tertiary/aromatic N) is 2. The maximum atomic E-state index is 13.3. The van der Waals surface area contributed by atoms with E-state index < -0.39 is 5.25 Å². The standard InChI is InChI=1S/C27H27N3O2S/c1-19(17-18-21-11-5-3-6-12-21)28-25(31)20(2)33-27-29-24-16-10-9-15-23(24)26(32)30(27)22-13-7-4-8-14-22/h3-16,19-20H,17-18H2,1-2H3,(H,28,31)/t19-,20-/m0/s1. The summed E-state index contributed by atoms with van der Waals surface area (Å²) >= 11 is 1.30. The van der Waals surface area contributed by atoms with Crippen LogP contribution >= 0.6 is 11.8 Å². The zero-order valence-electron chi connectivity index (χ0n) is 18.8. The van der Waals surface area contributed by atoms with Gasteiger partial charge in [-0.25, -0.2) is 4.98 Å². The monoisotopic (exact) mass is 457 g/mol. The summed E-state index contributed by atoms with van der Waals surface area (Å²) in [7, 11) is 0. The Morgan fingerprint density at radius 2 is 1.58 bits per heavy atom. The lowest BCUT2D eigenvalue weighted by atomic mass is 10.1. The average molecular weight is 458 g/mol. The molecule has 4 rings (SSSR count). The molecule has 0 radical (unpaired) electrons. The van der Waals surface area contributed by atoms with Crippen molar-refractivity contribution in [1.82, 2.24) is 14.9 Å². The van der Waals surface area contributed by atoms with Crippen LogP contribution in [0.2, 0.25) is 0 Å². The van der Waals surface area contributed by atoms with E-state index in [-0.39, 0.29) is 17.5 Å². The molecule has 1 aromatic heterocycles. The maximum absolute atomic E-state index is 13.3. The Bertz CT molecular complexity index is 1290. The van der Waals surface area contributed by atoms with Gasteiger partial charge in [0.15, 0.2) is 5.16 Å². The van der Waals surface area contributed by atoms with Gasteiger partial charge < -0.3 is 5.32 Å². The average Bonchev–Trinajstić information content (AvgIpc) is 2.84. The largest absolute Gasteiger partial charge is 0.353 e. The number of amides is 1. The number of benzene rings is 3. The highest BCUT2D eigenvalue weighted by atomic mass is 32.2. The molecule has 1 N–H and O–H groups in total. The summed E-state index contributed by atoms with van der Waals surface area (Å²) in [6.45, 7) is 3.87. The van der Waals surface area contributed by atoms with Gasteiger partial charge in [-0.3, -0.25) is 14.2 Å². The summed E-state index contributed by atoms with van der Waals surface area (Å²) in [5.74, 6) is -0.0671. The summed E-state index contributed by atoms with van der Waals surface area (Å²) < 4.78 is 1.59. The maximum Gasteiger partial charge on any atom is 0.266 e. The molecule has 0 aliphatic carbocycles. The number of nitrogens with one attached hydrogen (secondary N) is 1. The number of aromatic nitrogens is 2. The third-order valence-electron chi connectivity index (χ3n) is 5.51. The van der Waals surface area contributed by atoms with Gasteiger partial charge in [-0.1, -0.05) is 72.4 Å². The first-order valence-corrected chi connectivity index (χ1v) is 12.0. The molecule has 1 amide bonds. The zero-order valence-corrected chi connectivity index (χ0v) is 19.6. The van der Waals surface area contributed by atoms with Gasteiger partial charge in [0.25, 0.3) is 5.56 Å². The van der Waals surface area contributed by atoms with Crippen molar-refractivity contribution in [3.05, 3.63) is 101 Å². The molecule has 0 fully saturated rings. The second-order valence-corrected chi connectivity index (χ2v) is 9.39. The first-order chi connectivity index (χ1) is 16.0. The minimum Gasteiger partial charge on any atom is -0.353 e. The van der Waals surface area contributed by atoms with Crippen LogP contribution in [0.15, 0.2) is 94.9 Å². The van der Waals surface area contributed by atoms with Crippen molar-refractivity contribution in [1.29, 1.82) is 0 Å². The molecule has 0 saturated heterocycles. The van der Waals surface area contributed by atoms with E-state index in [1.165, 1.54) is 17.3 Å². The van der Waals surface area contributed by atoms with Gasteiger partial charge in [-0.05, 0) is 56.5 Å². The van der Waals surface area contributed by atoms with E-state index in [1.807, 2.05) is 80.6 Å². The lowest BCUT2D eigenvalue weighted by Crippen LogP contribution is -2.38. The summed E-state index contributed by atoms with van der Waals surface area (Å²) in [5.41, 5.74) is 2.47. The number of hydrogen-bond donors (Lipinski definition) is 1. The number of para-hydroxylation sites is 2. The number of thioether (sulfide) groups is 1. The van der Waals surface area contributed by atoms with Crippen molar-refractivity contribution in [2.45, 2.75) is 43.1 Å². The van der Waals surface area contributed by atoms with E-state index >= 15 is 0 Å². The molecule has 0 unspecified atom stereocenters. The molecule has 0 aliphatic heterocycles. The molecule has 0 aliphatic rings. The fourth-order valence-electron chi connectivity index (χ4n) is 3.67. The minimum atomic E-state index is -0.410. The number of aryl methyl sites for hydroxylation is 1. The number of carbonyl (C=O) groups excluding carboxylic acids is 1. The lowest BCUT2D eigenvalue weighted by Gasteiger charge is -2.19. The molecule has 5 nitrogen and oxygen atoms in total. The quantitative estimate of drug-likeness (QED) is 0.299. The fraction of sp³-hybridized carbons (Fsp3) is 0.222. The summed E-state index contributed by atoms with van der Waals surface area (Å²) in [5, 5.41) is 3.75. The van der Waals surface area contributed by atoms with Gasteiger partial charge in [-0.2, -0.15) is 0 Å². The molecule has 4 aromatic rings. The molecular weight excluding hydrogens is 430 g/mol. The molecule has 2 atom stereocenters. The normalized spacial score (nSPS) is 12.9. The Morgan fingerprint density at radius 1 is 0.939 bits per heavy atom. The number of hydrogen-bond acceptors (Lipinski definition) is 4. The van der Waals surface area contributed by atoms with Crippen molar-refractivity contribution in [2.24, 2.45) is 0 Å². The van der Waals surface area contributed by atoms with Crippen molar-refractivity contribution >= 4 is 28.6 Å². The fourth-order valence-corrected chi connectivity index (χ4v) is 4.60. The van der Waals surface area contributed by atoms with Crippen molar-refractivity contribution in [3.8, 4) is 5.69 Å². The van der Waals surface area contributed by atoms with Crippen molar-refractivity contribution in [3.63, 3.8) is 0 Å². The first kappa shape index (κ1) is 22.8. The van der Waals surface area contributed by atoms with Crippen LogP contribution in [0, 0.1) is 0 Å². The van der Waals surface area contributed by atoms with E-state index in [1.54, 1.807) is 10.6 Å². The van der Waals surface area contributed by atoms with Crippen LogP contribution in [0.5, 0.6) is 0 Å². The van der Waals surface area contributed by atoms with E-state index in [0.29, 0.717) is 16.1 Å². The van der Waals surface area contributed by atoms with Crippen LogP contribution < -0.4 is 10.9 Å². The highest BCUT2D eigenvalue weighted by Crippen LogP contribution is 2.25. The number of carbonyl (C=O) groups is 1. The van der Waals surface area contributed by atoms with Crippen LogP contribution in [0.1, 0.15) is 25.8 Å². The molecule has 0 spiro atoms. The van der Waals surface area contributed by atoms with Crippen LogP contribution in [0.4, 0.5) is 0 Å². The predicted octanol–water partition coefficient (Wildman–Crippen LogP) is 5.00. The Hall–Kier alpha value is -3.38. The van der Waals surface area contributed by atoms with E-state index in [9.17, 15) is 9.59 Å². The third-order valence-corrected chi connectivity index (χ3v) is 6.56. The molecular formula is C27H27N3O2S. The summed E-state index contributed by atoms with van der Waals surface area (Å²) in [4.78, 5) is 31.0. The van der Waals surface area contributed by atoms with Gasteiger partial charge in [0, 0.05) is 6.04 Å². The van der Waals surface area contributed by atoms with E-state index in [4.69, 9.17) is 4.98 Å². The van der Waals surface area contributed by atoms with Crippen LogP contribution in [0.3, 0.4) is 0 Å². The molecule has 0 bridgehead atoms. The van der Waals surface area contributed by atoms with Gasteiger partial charge >= 0.3 is 0 Å². The zero-order chi connectivity index (χ0) is 23.2. The van der Waals surface area contributed by atoms with Crippen LogP contribution in [-0.2, 0) is 11.2 Å². The van der Waals surface area contributed by atoms with Gasteiger partial charge in [0.2, 0.25) is 5.91 Å². The van der Waals surface area contributed by atoms with Crippen molar-refractivity contribution in [2.75, 3.05) is 0 Å². The topological polar surface area (TPSA) is 64.0 Å². The third kappa shape index (κ3) is 5.52. The molecule has 3 aromatic carbocycles. The smallest absolute Gasteiger partial charge is 0.266 e. The predicted molar refractivity (Wildman–Crippen MR) is 135 cm³/mol. The Morgan fingerprint density at radius 3 is 2.30 bits per heavy atom. The summed E-state index contributed by atoms with van der Waals surface area (Å²) in [6.07, 6.45) is 1.76. The highest BCUT2D eigenvalue weighted by Gasteiger charge is 2.21. The van der Waals surface area contributed by atoms with E-state index in [0.717, 1.165) is 18.5 Å².